The van der Waals surface area contributed by atoms with Crippen LogP contribution in [-0.4, -0.2) is 43.8 Å². The zero-order valence-corrected chi connectivity index (χ0v) is 16.4. The minimum atomic E-state index is -3.64. The number of amides is 1. The zero-order chi connectivity index (χ0) is 19.3. The molecule has 0 aliphatic carbocycles. The molecule has 1 aromatic rings. The lowest BCUT2D eigenvalue weighted by molar-refractivity contribution is -0.152. The Morgan fingerprint density at radius 1 is 1.27 bits per heavy atom. The van der Waals surface area contributed by atoms with Crippen LogP contribution in [0.5, 0.6) is 0 Å². The first kappa shape index (κ1) is 20.7. The van der Waals surface area contributed by atoms with Crippen LogP contribution in [0, 0.1) is 0 Å². The zero-order valence-electron chi connectivity index (χ0n) is 14.8. The average molecular weight is 403 g/mol. The van der Waals surface area contributed by atoms with Crippen LogP contribution in [0.2, 0.25) is 5.02 Å². The third-order valence-electron chi connectivity index (χ3n) is 4.11. The first-order valence-electron chi connectivity index (χ1n) is 8.55. The molecular weight excluding hydrogens is 380 g/mol. The van der Waals surface area contributed by atoms with E-state index in [0.717, 1.165) is 19.3 Å². The van der Waals surface area contributed by atoms with E-state index in [-0.39, 0.29) is 22.0 Å². The molecule has 0 radical (unpaired) electrons. The van der Waals surface area contributed by atoms with Gasteiger partial charge < -0.3 is 10.1 Å². The molecule has 1 amide bonds. The molecule has 1 aliphatic rings. The molecule has 1 aromatic carbocycles. The predicted molar refractivity (Wildman–Crippen MR) is 98.5 cm³/mol. The molecule has 1 saturated heterocycles. The van der Waals surface area contributed by atoms with Gasteiger partial charge in [-0.05, 0) is 38.0 Å². The molecule has 1 atom stereocenters. The molecule has 0 spiro atoms. The van der Waals surface area contributed by atoms with Crippen LogP contribution in [0.15, 0.2) is 23.1 Å². The number of anilines is 1. The number of benzene rings is 1. The highest BCUT2D eigenvalue weighted by molar-refractivity contribution is 7.89. The SMILES string of the molecule is CCC(=O)O[C@@H](C)C(=O)Nc1cc(S(=O)(=O)N2CCCCC2)ccc1Cl. The molecule has 1 N–H and O–H groups in total. The van der Waals surface area contributed by atoms with Crippen LogP contribution in [0.25, 0.3) is 0 Å². The Morgan fingerprint density at radius 2 is 1.92 bits per heavy atom. The van der Waals surface area contributed by atoms with Crippen molar-refractivity contribution >= 4 is 39.2 Å². The van der Waals surface area contributed by atoms with Crippen molar-refractivity contribution in [3.8, 4) is 0 Å². The second kappa shape index (κ2) is 8.83. The maximum absolute atomic E-state index is 12.8. The number of carbonyl (C=O) groups is 2. The molecule has 1 fully saturated rings. The third kappa shape index (κ3) is 4.96. The second-order valence-electron chi connectivity index (χ2n) is 6.08. The molecular formula is C17H23ClN2O5S. The van der Waals surface area contributed by atoms with Crippen molar-refractivity contribution in [3.05, 3.63) is 23.2 Å². The van der Waals surface area contributed by atoms with Gasteiger partial charge in [0, 0.05) is 19.5 Å². The fourth-order valence-corrected chi connectivity index (χ4v) is 4.29. The Kier molecular flexibility index (Phi) is 7.02. The maximum Gasteiger partial charge on any atom is 0.306 e. The van der Waals surface area contributed by atoms with E-state index in [2.05, 4.69) is 5.32 Å². The van der Waals surface area contributed by atoms with Crippen molar-refractivity contribution in [2.24, 2.45) is 0 Å². The van der Waals surface area contributed by atoms with E-state index in [4.69, 9.17) is 16.3 Å². The monoisotopic (exact) mass is 402 g/mol. The highest BCUT2D eigenvalue weighted by Crippen LogP contribution is 2.28. The van der Waals surface area contributed by atoms with E-state index >= 15 is 0 Å². The number of hydrogen-bond donors (Lipinski definition) is 1. The fourth-order valence-electron chi connectivity index (χ4n) is 2.58. The molecule has 144 valence electrons. The van der Waals surface area contributed by atoms with Crippen molar-refractivity contribution in [1.82, 2.24) is 4.31 Å². The summed E-state index contributed by atoms with van der Waals surface area (Å²) >= 11 is 6.08. The lowest BCUT2D eigenvalue weighted by Gasteiger charge is -2.26. The number of rotatable bonds is 6. The maximum atomic E-state index is 12.8. The van der Waals surface area contributed by atoms with Crippen molar-refractivity contribution in [3.63, 3.8) is 0 Å². The number of hydrogen-bond acceptors (Lipinski definition) is 5. The van der Waals surface area contributed by atoms with Gasteiger partial charge in [-0.1, -0.05) is 24.9 Å². The Labute approximate surface area is 158 Å². The highest BCUT2D eigenvalue weighted by Gasteiger charge is 2.27. The average Bonchev–Trinajstić information content (AvgIpc) is 2.63. The number of halogens is 1. The number of carbonyl (C=O) groups excluding carboxylic acids is 2. The molecule has 9 heteroatoms. The smallest absolute Gasteiger partial charge is 0.306 e. The summed E-state index contributed by atoms with van der Waals surface area (Å²) in [6.45, 7) is 4.02. The van der Waals surface area contributed by atoms with Gasteiger partial charge in [0.25, 0.3) is 5.91 Å². The number of esters is 1. The Bertz CT molecular complexity index is 775. The number of ether oxygens (including phenoxy) is 1. The number of nitrogens with one attached hydrogen (secondary N) is 1. The van der Waals surface area contributed by atoms with Crippen molar-refractivity contribution in [2.75, 3.05) is 18.4 Å². The summed E-state index contributed by atoms with van der Waals surface area (Å²) < 4.78 is 31.9. The molecule has 0 unspecified atom stereocenters. The Balaban J connectivity index is 2.19. The molecule has 0 aromatic heterocycles. The normalized spacial score (nSPS) is 16.7. The summed E-state index contributed by atoms with van der Waals surface area (Å²) in [7, 11) is -3.64. The quantitative estimate of drug-likeness (QED) is 0.738. The number of sulfonamides is 1. The predicted octanol–water partition coefficient (Wildman–Crippen LogP) is 2.79. The van der Waals surface area contributed by atoms with E-state index in [1.54, 1.807) is 6.92 Å². The lowest BCUT2D eigenvalue weighted by atomic mass is 10.2. The molecule has 0 bridgehead atoms. The Hall–Kier alpha value is -1.64. The van der Waals surface area contributed by atoms with Gasteiger partial charge >= 0.3 is 5.97 Å². The fraction of sp³-hybridized carbons (Fsp3) is 0.529. The molecule has 26 heavy (non-hydrogen) atoms. The van der Waals surface area contributed by atoms with Crippen molar-refractivity contribution in [2.45, 2.75) is 50.5 Å². The molecule has 1 heterocycles. The van der Waals surface area contributed by atoms with Gasteiger partial charge in [-0.15, -0.1) is 0 Å². The van der Waals surface area contributed by atoms with Crippen molar-refractivity contribution in [1.29, 1.82) is 0 Å². The highest BCUT2D eigenvalue weighted by atomic mass is 35.5. The van der Waals surface area contributed by atoms with E-state index in [1.165, 1.54) is 29.4 Å². The molecule has 7 nitrogen and oxygen atoms in total. The van der Waals surface area contributed by atoms with Crippen LogP contribution in [-0.2, 0) is 24.3 Å². The standard InChI is InChI=1S/C17H23ClN2O5S/c1-3-16(21)25-12(2)17(22)19-15-11-13(7-8-14(15)18)26(23,24)20-9-5-4-6-10-20/h7-8,11-12H,3-6,9-10H2,1-2H3,(H,19,22)/t12-/m0/s1. The molecule has 2 rings (SSSR count). The van der Waals surface area contributed by atoms with Crippen LogP contribution in [0.3, 0.4) is 0 Å². The largest absolute Gasteiger partial charge is 0.453 e. The topological polar surface area (TPSA) is 92.8 Å². The van der Waals surface area contributed by atoms with Gasteiger partial charge in [0.1, 0.15) is 0 Å². The van der Waals surface area contributed by atoms with Crippen LogP contribution in [0.1, 0.15) is 39.5 Å². The summed E-state index contributed by atoms with van der Waals surface area (Å²) in [6, 6.07) is 4.18. The number of piperidine rings is 1. The summed E-state index contributed by atoms with van der Waals surface area (Å²) in [4.78, 5) is 23.5. The summed E-state index contributed by atoms with van der Waals surface area (Å²) in [6.07, 6.45) is 1.82. The van der Waals surface area contributed by atoms with E-state index in [9.17, 15) is 18.0 Å². The van der Waals surface area contributed by atoms with Gasteiger partial charge in [0.15, 0.2) is 6.10 Å². The van der Waals surface area contributed by atoms with Crippen LogP contribution < -0.4 is 5.32 Å². The first-order chi connectivity index (χ1) is 12.3. The molecule has 0 saturated carbocycles. The third-order valence-corrected chi connectivity index (χ3v) is 6.34. The number of nitrogens with zero attached hydrogens (tertiary/aromatic N) is 1. The Morgan fingerprint density at radius 3 is 2.54 bits per heavy atom. The summed E-state index contributed by atoms with van der Waals surface area (Å²) in [5.41, 5.74) is 0.161. The van der Waals surface area contributed by atoms with Gasteiger partial charge in [-0.2, -0.15) is 4.31 Å². The van der Waals surface area contributed by atoms with Gasteiger partial charge in [-0.3, -0.25) is 9.59 Å². The van der Waals surface area contributed by atoms with Crippen LogP contribution >= 0.6 is 11.6 Å². The van der Waals surface area contributed by atoms with Gasteiger partial charge in [0.05, 0.1) is 15.6 Å². The van der Waals surface area contributed by atoms with Crippen LogP contribution in [0.4, 0.5) is 5.69 Å². The lowest BCUT2D eigenvalue weighted by Crippen LogP contribution is -2.35. The van der Waals surface area contributed by atoms with Crippen molar-refractivity contribution < 1.29 is 22.7 Å². The second-order valence-corrected chi connectivity index (χ2v) is 8.43. The van der Waals surface area contributed by atoms with E-state index < -0.39 is 28.0 Å². The molecule has 1 aliphatic heterocycles. The first-order valence-corrected chi connectivity index (χ1v) is 10.4. The minimum absolute atomic E-state index is 0.0670. The van der Waals surface area contributed by atoms with E-state index in [0.29, 0.717) is 13.1 Å². The van der Waals surface area contributed by atoms with Gasteiger partial charge in [-0.25, -0.2) is 8.42 Å². The summed E-state index contributed by atoms with van der Waals surface area (Å²) in [5.74, 6) is -1.08. The summed E-state index contributed by atoms with van der Waals surface area (Å²) in [5, 5.41) is 2.72. The van der Waals surface area contributed by atoms with Gasteiger partial charge in [0.2, 0.25) is 10.0 Å². The van der Waals surface area contributed by atoms with E-state index in [1.807, 2.05) is 0 Å². The minimum Gasteiger partial charge on any atom is -0.453 e.